The van der Waals surface area contributed by atoms with Crippen LogP contribution in [0.4, 0.5) is 0 Å². The molecule has 0 aliphatic heterocycles. The molecule has 100 valence electrons. The molecule has 1 aromatic heterocycles. The molecule has 0 saturated heterocycles. The van der Waals surface area contributed by atoms with Crippen molar-refractivity contribution in [3.05, 3.63) is 34.0 Å². The van der Waals surface area contributed by atoms with Gasteiger partial charge in [0.25, 0.3) is 0 Å². The molecular formula is C16H18ClNO. The van der Waals surface area contributed by atoms with Gasteiger partial charge in [-0.3, -0.25) is 4.98 Å². The van der Waals surface area contributed by atoms with E-state index in [2.05, 4.69) is 6.92 Å². The molecule has 3 rings (SSSR count). The summed E-state index contributed by atoms with van der Waals surface area (Å²) in [5, 5.41) is 1.91. The number of fused-ring (bicyclic) bond motifs is 2. The van der Waals surface area contributed by atoms with Gasteiger partial charge in [-0.15, -0.1) is 0 Å². The lowest BCUT2D eigenvalue weighted by atomic mass is 10.0. The SMILES string of the molecule is COc1cc(C)c2nc3c(c(Cl)c2c1)CCCCC3. The maximum absolute atomic E-state index is 6.64. The minimum Gasteiger partial charge on any atom is -0.497 e. The fraction of sp³-hybridized carbons (Fsp3) is 0.438. The lowest BCUT2D eigenvalue weighted by Crippen LogP contribution is -2.00. The van der Waals surface area contributed by atoms with Gasteiger partial charge in [0.05, 0.1) is 17.6 Å². The van der Waals surface area contributed by atoms with Crippen molar-refractivity contribution in [1.82, 2.24) is 4.98 Å². The largest absolute Gasteiger partial charge is 0.497 e. The van der Waals surface area contributed by atoms with Crippen LogP contribution >= 0.6 is 11.6 Å². The Morgan fingerprint density at radius 1 is 1.16 bits per heavy atom. The van der Waals surface area contributed by atoms with Crippen molar-refractivity contribution in [2.45, 2.75) is 39.0 Å². The summed E-state index contributed by atoms with van der Waals surface area (Å²) in [6, 6.07) is 4.03. The van der Waals surface area contributed by atoms with Crippen LogP contribution in [-0.2, 0) is 12.8 Å². The van der Waals surface area contributed by atoms with Crippen molar-refractivity contribution in [3.63, 3.8) is 0 Å². The summed E-state index contributed by atoms with van der Waals surface area (Å²) in [5.74, 6) is 0.849. The Kier molecular flexibility index (Phi) is 3.36. The number of nitrogens with zero attached hydrogens (tertiary/aromatic N) is 1. The second-order valence-electron chi connectivity index (χ2n) is 5.25. The first-order valence-corrected chi connectivity index (χ1v) is 7.24. The van der Waals surface area contributed by atoms with E-state index in [1.54, 1.807) is 7.11 Å². The molecule has 0 spiro atoms. The van der Waals surface area contributed by atoms with E-state index in [-0.39, 0.29) is 0 Å². The molecule has 1 heterocycles. The van der Waals surface area contributed by atoms with E-state index < -0.39 is 0 Å². The predicted octanol–water partition coefficient (Wildman–Crippen LogP) is 4.47. The Balaban J connectivity index is 2.31. The van der Waals surface area contributed by atoms with Gasteiger partial charge in [0.15, 0.2) is 0 Å². The highest BCUT2D eigenvalue weighted by Crippen LogP contribution is 2.35. The Morgan fingerprint density at radius 3 is 2.74 bits per heavy atom. The highest BCUT2D eigenvalue weighted by atomic mass is 35.5. The van der Waals surface area contributed by atoms with Gasteiger partial charge in [-0.05, 0) is 55.9 Å². The highest BCUT2D eigenvalue weighted by Gasteiger charge is 2.17. The van der Waals surface area contributed by atoms with Crippen molar-refractivity contribution in [3.8, 4) is 5.75 Å². The van der Waals surface area contributed by atoms with Crippen LogP contribution in [-0.4, -0.2) is 12.1 Å². The molecule has 3 heteroatoms. The van der Waals surface area contributed by atoms with E-state index in [9.17, 15) is 0 Å². The highest BCUT2D eigenvalue weighted by molar-refractivity contribution is 6.36. The fourth-order valence-corrected chi connectivity index (χ4v) is 3.25. The molecule has 0 radical (unpaired) electrons. The number of benzene rings is 1. The summed E-state index contributed by atoms with van der Waals surface area (Å²) in [4.78, 5) is 4.87. The molecule has 1 aliphatic rings. The van der Waals surface area contributed by atoms with Gasteiger partial charge < -0.3 is 4.74 Å². The third-order valence-electron chi connectivity index (χ3n) is 3.95. The molecule has 1 aromatic carbocycles. The van der Waals surface area contributed by atoms with Gasteiger partial charge in [0.1, 0.15) is 5.75 Å². The van der Waals surface area contributed by atoms with Crippen molar-refractivity contribution in [1.29, 1.82) is 0 Å². The van der Waals surface area contributed by atoms with E-state index in [0.717, 1.165) is 40.1 Å². The second kappa shape index (κ2) is 5.01. The average Bonchev–Trinajstić information content (AvgIpc) is 2.65. The summed E-state index contributed by atoms with van der Waals surface area (Å²) in [7, 11) is 1.69. The summed E-state index contributed by atoms with van der Waals surface area (Å²) < 4.78 is 5.34. The zero-order valence-electron chi connectivity index (χ0n) is 11.4. The molecule has 0 unspecified atom stereocenters. The molecule has 0 atom stereocenters. The normalized spacial score (nSPS) is 15.1. The van der Waals surface area contributed by atoms with Crippen LogP contribution in [0.3, 0.4) is 0 Å². The van der Waals surface area contributed by atoms with E-state index >= 15 is 0 Å². The Labute approximate surface area is 118 Å². The molecule has 0 amide bonds. The minimum atomic E-state index is 0.849. The van der Waals surface area contributed by atoms with Gasteiger partial charge in [0, 0.05) is 11.1 Å². The molecule has 0 bridgehead atoms. The molecule has 1 aliphatic carbocycles. The molecule has 19 heavy (non-hydrogen) atoms. The number of aromatic nitrogens is 1. The zero-order chi connectivity index (χ0) is 13.4. The lowest BCUT2D eigenvalue weighted by Gasteiger charge is -2.13. The first-order chi connectivity index (χ1) is 9.20. The molecule has 0 N–H and O–H groups in total. The smallest absolute Gasteiger partial charge is 0.119 e. The summed E-state index contributed by atoms with van der Waals surface area (Å²) in [5.41, 5.74) is 4.59. The molecular weight excluding hydrogens is 258 g/mol. The molecule has 2 nitrogen and oxygen atoms in total. The lowest BCUT2D eigenvalue weighted by molar-refractivity contribution is 0.415. The van der Waals surface area contributed by atoms with Crippen LogP contribution < -0.4 is 4.74 Å². The zero-order valence-corrected chi connectivity index (χ0v) is 12.2. The van der Waals surface area contributed by atoms with Gasteiger partial charge >= 0.3 is 0 Å². The van der Waals surface area contributed by atoms with Gasteiger partial charge in [-0.1, -0.05) is 18.0 Å². The number of aryl methyl sites for hydroxylation is 2. The Morgan fingerprint density at radius 2 is 1.95 bits per heavy atom. The van der Waals surface area contributed by atoms with Crippen LogP contribution in [0.15, 0.2) is 12.1 Å². The topological polar surface area (TPSA) is 22.1 Å². The number of hydrogen-bond acceptors (Lipinski definition) is 2. The number of methoxy groups -OCH3 is 1. The van der Waals surface area contributed by atoms with E-state index in [4.69, 9.17) is 21.3 Å². The molecule has 2 aromatic rings. The maximum atomic E-state index is 6.64. The third-order valence-corrected chi connectivity index (χ3v) is 4.38. The minimum absolute atomic E-state index is 0.849. The quantitative estimate of drug-likeness (QED) is 0.716. The van der Waals surface area contributed by atoms with Crippen LogP contribution in [0.25, 0.3) is 10.9 Å². The predicted molar refractivity (Wildman–Crippen MR) is 79.3 cm³/mol. The first kappa shape index (κ1) is 12.7. The van der Waals surface area contributed by atoms with Crippen LogP contribution in [0.1, 0.15) is 36.1 Å². The second-order valence-corrected chi connectivity index (χ2v) is 5.63. The number of pyridine rings is 1. The summed E-state index contributed by atoms with van der Waals surface area (Å²) in [6.07, 6.45) is 5.80. The third kappa shape index (κ3) is 2.18. The monoisotopic (exact) mass is 275 g/mol. The van der Waals surface area contributed by atoms with Crippen LogP contribution in [0, 0.1) is 6.92 Å². The van der Waals surface area contributed by atoms with Crippen LogP contribution in [0.5, 0.6) is 5.75 Å². The number of ether oxygens (including phenoxy) is 1. The van der Waals surface area contributed by atoms with E-state index in [1.807, 2.05) is 12.1 Å². The molecule has 0 fully saturated rings. The van der Waals surface area contributed by atoms with Gasteiger partial charge in [0.2, 0.25) is 0 Å². The summed E-state index contributed by atoms with van der Waals surface area (Å²) in [6.45, 7) is 2.07. The first-order valence-electron chi connectivity index (χ1n) is 6.86. The van der Waals surface area contributed by atoms with Crippen LogP contribution in [0.2, 0.25) is 5.02 Å². The number of halogens is 1. The number of hydrogen-bond donors (Lipinski definition) is 0. The standard InChI is InChI=1S/C16H18ClNO/c1-10-8-11(19-2)9-13-15(17)12-6-4-3-5-7-14(12)18-16(10)13/h8-9H,3-7H2,1-2H3. The van der Waals surface area contributed by atoms with Crippen molar-refractivity contribution < 1.29 is 4.74 Å². The van der Waals surface area contributed by atoms with Crippen molar-refractivity contribution in [2.24, 2.45) is 0 Å². The maximum Gasteiger partial charge on any atom is 0.119 e. The van der Waals surface area contributed by atoms with Gasteiger partial charge in [-0.2, -0.15) is 0 Å². The van der Waals surface area contributed by atoms with Crippen molar-refractivity contribution in [2.75, 3.05) is 7.11 Å². The van der Waals surface area contributed by atoms with Gasteiger partial charge in [-0.25, -0.2) is 0 Å². The summed E-state index contributed by atoms with van der Waals surface area (Å²) >= 11 is 6.64. The fourth-order valence-electron chi connectivity index (χ4n) is 2.90. The molecule has 0 saturated carbocycles. The number of rotatable bonds is 1. The van der Waals surface area contributed by atoms with E-state index in [1.165, 1.54) is 30.5 Å². The van der Waals surface area contributed by atoms with E-state index in [0.29, 0.717) is 0 Å². The van der Waals surface area contributed by atoms with Crippen molar-refractivity contribution >= 4 is 22.5 Å². The Bertz CT molecular complexity index is 636. The average molecular weight is 276 g/mol. The Hall–Kier alpha value is -1.28.